The summed E-state index contributed by atoms with van der Waals surface area (Å²) in [6.45, 7) is 4.41. The van der Waals surface area contributed by atoms with E-state index in [1.165, 1.54) is 33.1 Å². The summed E-state index contributed by atoms with van der Waals surface area (Å²) >= 11 is 0. The maximum absolute atomic E-state index is 2.40. The Hall–Kier alpha value is -4.18. The van der Waals surface area contributed by atoms with Gasteiger partial charge in [0, 0.05) is 29.3 Å². The quantitative estimate of drug-likeness (QED) is 0.340. The van der Waals surface area contributed by atoms with Crippen molar-refractivity contribution in [3.8, 4) is 17.2 Å². The number of pyridine rings is 1. The molecular formula is C29H26N4+2. The van der Waals surface area contributed by atoms with Crippen molar-refractivity contribution < 1.29 is 9.13 Å². The second-order valence-electron chi connectivity index (χ2n) is 8.55. The fourth-order valence-corrected chi connectivity index (χ4v) is 5.04. The lowest BCUT2D eigenvalue weighted by Crippen LogP contribution is -2.34. The maximum Gasteiger partial charge on any atom is 0.286 e. The highest BCUT2D eigenvalue weighted by atomic mass is 15.2. The van der Waals surface area contributed by atoms with Gasteiger partial charge in [0.15, 0.2) is 0 Å². The van der Waals surface area contributed by atoms with Crippen molar-refractivity contribution in [1.29, 1.82) is 0 Å². The summed E-state index contributed by atoms with van der Waals surface area (Å²) in [7, 11) is 2.11. The molecule has 3 heterocycles. The van der Waals surface area contributed by atoms with Gasteiger partial charge in [0.2, 0.25) is 0 Å². The minimum absolute atomic E-state index is 1.15. The molecule has 6 aromatic rings. The fraction of sp³-hybridized carbons (Fsp3) is 0.103. The molecule has 4 nitrogen and oxygen atoms in total. The van der Waals surface area contributed by atoms with Gasteiger partial charge in [0.25, 0.3) is 11.6 Å². The molecule has 0 unspecified atom stereocenters. The molecule has 0 aliphatic carbocycles. The first-order chi connectivity index (χ1) is 16.1. The maximum atomic E-state index is 2.40. The predicted octanol–water partition coefficient (Wildman–Crippen LogP) is 5.29. The van der Waals surface area contributed by atoms with Gasteiger partial charge < -0.3 is 0 Å². The molecule has 0 saturated heterocycles. The smallest absolute Gasteiger partial charge is 0.237 e. The Morgan fingerprint density at radius 2 is 1.45 bits per heavy atom. The van der Waals surface area contributed by atoms with Crippen LogP contribution >= 0.6 is 0 Å². The van der Waals surface area contributed by atoms with Crippen molar-refractivity contribution in [2.75, 3.05) is 0 Å². The van der Waals surface area contributed by atoms with E-state index in [4.69, 9.17) is 0 Å². The average Bonchev–Trinajstić information content (AvgIpc) is 3.39. The van der Waals surface area contributed by atoms with E-state index >= 15 is 0 Å². The molecule has 0 atom stereocenters. The Bertz CT molecular complexity index is 1640. The predicted molar refractivity (Wildman–Crippen MR) is 132 cm³/mol. The summed E-state index contributed by atoms with van der Waals surface area (Å²) in [5.41, 5.74) is 6.08. The molecule has 0 amide bonds. The van der Waals surface area contributed by atoms with Gasteiger partial charge in [-0.1, -0.05) is 36.4 Å². The van der Waals surface area contributed by atoms with E-state index in [0.29, 0.717) is 0 Å². The molecule has 3 aromatic carbocycles. The largest absolute Gasteiger partial charge is 0.286 e. The van der Waals surface area contributed by atoms with Crippen LogP contribution in [0.4, 0.5) is 0 Å². The standard InChI is InChI=1S/C29H26N4/c1-21-26(32-20-19-31(22(32)2)23-11-5-4-6-12-23)17-16-25-24-13-7-8-14-27(24)33(29(21)25)28-15-9-10-18-30(28)3/h4-20H,1-3H3/q+2. The first-order valence-corrected chi connectivity index (χ1v) is 11.3. The number of imidazole rings is 1. The van der Waals surface area contributed by atoms with E-state index < -0.39 is 0 Å². The molecule has 0 spiro atoms. The first-order valence-electron chi connectivity index (χ1n) is 11.3. The SMILES string of the molecule is Cc1c(-[n+]2ccn(-c3ccccc3)c2C)ccc2c3ccccc3n(-c3cccc[n+]3C)c12. The highest BCUT2D eigenvalue weighted by molar-refractivity contribution is 6.10. The molecule has 33 heavy (non-hydrogen) atoms. The summed E-state index contributed by atoms with van der Waals surface area (Å²) in [5, 5.41) is 2.55. The number of hydrogen-bond acceptors (Lipinski definition) is 0. The first kappa shape index (κ1) is 19.5. The summed E-state index contributed by atoms with van der Waals surface area (Å²) in [6, 6.07) is 30.0. The van der Waals surface area contributed by atoms with Crippen LogP contribution in [0.25, 0.3) is 39.0 Å². The lowest BCUT2D eigenvalue weighted by molar-refractivity contribution is -0.665. The number of aryl methyl sites for hydroxylation is 2. The second-order valence-corrected chi connectivity index (χ2v) is 8.55. The van der Waals surface area contributed by atoms with Gasteiger partial charge in [-0.15, -0.1) is 0 Å². The van der Waals surface area contributed by atoms with Crippen LogP contribution in [-0.4, -0.2) is 9.13 Å². The zero-order chi connectivity index (χ0) is 22.5. The van der Waals surface area contributed by atoms with Crippen LogP contribution in [0, 0.1) is 13.8 Å². The van der Waals surface area contributed by atoms with Crippen molar-refractivity contribution in [2.24, 2.45) is 7.05 Å². The number of para-hydroxylation sites is 2. The minimum atomic E-state index is 1.15. The van der Waals surface area contributed by atoms with Gasteiger partial charge in [0.05, 0.1) is 13.2 Å². The Balaban J connectivity index is 1.66. The van der Waals surface area contributed by atoms with Crippen LogP contribution in [0.2, 0.25) is 0 Å². The van der Waals surface area contributed by atoms with Crippen LogP contribution in [0.3, 0.4) is 0 Å². The molecule has 0 aliphatic rings. The summed E-state index contributed by atoms with van der Waals surface area (Å²) in [4.78, 5) is 0. The number of rotatable bonds is 3. The third-order valence-corrected chi connectivity index (χ3v) is 6.67. The van der Waals surface area contributed by atoms with Crippen molar-refractivity contribution in [3.63, 3.8) is 0 Å². The van der Waals surface area contributed by atoms with E-state index in [2.05, 4.69) is 143 Å². The van der Waals surface area contributed by atoms with E-state index in [0.717, 1.165) is 17.3 Å². The monoisotopic (exact) mass is 430 g/mol. The van der Waals surface area contributed by atoms with Gasteiger partial charge in [-0.25, -0.2) is 4.57 Å². The molecule has 4 heteroatoms. The average molecular weight is 431 g/mol. The van der Waals surface area contributed by atoms with E-state index in [1.807, 2.05) is 0 Å². The molecule has 160 valence electrons. The zero-order valence-electron chi connectivity index (χ0n) is 19.1. The van der Waals surface area contributed by atoms with Gasteiger partial charge >= 0.3 is 0 Å². The minimum Gasteiger partial charge on any atom is -0.237 e. The van der Waals surface area contributed by atoms with E-state index in [9.17, 15) is 0 Å². The molecule has 6 rings (SSSR count). The van der Waals surface area contributed by atoms with Crippen LogP contribution < -0.4 is 9.13 Å². The zero-order valence-corrected chi connectivity index (χ0v) is 19.1. The third kappa shape index (κ3) is 2.91. The number of nitrogens with zero attached hydrogens (tertiary/aromatic N) is 4. The molecular weight excluding hydrogens is 404 g/mol. The Morgan fingerprint density at radius 1 is 0.697 bits per heavy atom. The van der Waals surface area contributed by atoms with E-state index in [1.54, 1.807) is 0 Å². The molecule has 0 saturated carbocycles. The molecule has 3 aromatic heterocycles. The van der Waals surface area contributed by atoms with Crippen molar-refractivity contribution >= 4 is 21.8 Å². The van der Waals surface area contributed by atoms with Crippen LogP contribution in [0.15, 0.2) is 104 Å². The summed E-state index contributed by atoms with van der Waals surface area (Å²) in [6.07, 6.45) is 6.40. The van der Waals surface area contributed by atoms with Crippen LogP contribution in [-0.2, 0) is 7.05 Å². The highest BCUT2D eigenvalue weighted by Gasteiger charge is 2.26. The summed E-state index contributed by atoms with van der Waals surface area (Å²) in [5.74, 6) is 2.31. The second kappa shape index (κ2) is 7.45. The van der Waals surface area contributed by atoms with Crippen molar-refractivity contribution in [3.05, 3.63) is 115 Å². The van der Waals surface area contributed by atoms with Crippen LogP contribution in [0.5, 0.6) is 0 Å². The topological polar surface area (TPSA) is 17.6 Å². The molecule has 0 N–H and O–H groups in total. The molecule has 0 bridgehead atoms. The van der Waals surface area contributed by atoms with Gasteiger partial charge in [-0.05, 0) is 49.4 Å². The molecule has 0 fully saturated rings. The summed E-state index contributed by atoms with van der Waals surface area (Å²) < 4.78 is 9.10. The Kier molecular flexibility index (Phi) is 4.40. The molecule has 0 aliphatic heterocycles. The Labute approximate surface area is 193 Å². The van der Waals surface area contributed by atoms with Gasteiger partial charge in [0.1, 0.15) is 34.8 Å². The van der Waals surface area contributed by atoms with Crippen LogP contribution in [0.1, 0.15) is 11.4 Å². The Morgan fingerprint density at radius 3 is 2.27 bits per heavy atom. The third-order valence-electron chi connectivity index (χ3n) is 6.67. The molecule has 0 radical (unpaired) electrons. The normalized spacial score (nSPS) is 11.5. The lowest BCUT2D eigenvalue weighted by Gasteiger charge is -2.08. The van der Waals surface area contributed by atoms with Gasteiger partial charge in [-0.3, -0.25) is 0 Å². The fourth-order valence-electron chi connectivity index (χ4n) is 5.04. The number of fused-ring (bicyclic) bond motifs is 3. The van der Waals surface area contributed by atoms with E-state index in [-0.39, 0.29) is 0 Å². The highest BCUT2D eigenvalue weighted by Crippen LogP contribution is 2.34. The number of benzene rings is 3. The van der Waals surface area contributed by atoms with Gasteiger partial charge in [-0.2, -0.15) is 13.7 Å². The number of hydrogen-bond donors (Lipinski definition) is 0. The number of aromatic nitrogens is 4. The van der Waals surface area contributed by atoms with Crippen molar-refractivity contribution in [2.45, 2.75) is 13.8 Å². The lowest BCUT2D eigenvalue weighted by atomic mass is 10.1. The van der Waals surface area contributed by atoms with Crippen molar-refractivity contribution in [1.82, 2.24) is 9.13 Å².